The summed E-state index contributed by atoms with van der Waals surface area (Å²) in [6.07, 6.45) is 0.574. The predicted molar refractivity (Wildman–Crippen MR) is 337 cm³/mol. The van der Waals surface area contributed by atoms with Gasteiger partial charge >= 0.3 is 6.03 Å². The Balaban J connectivity index is 1.48. The summed E-state index contributed by atoms with van der Waals surface area (Å²) in [5, 5.41) is 19.4. The number of likely N-dealkylation sites (N-methyl/N-ethyl adjacent to an activating group) is 2. The van der Waals surface area contributed by atoms with Crippen molar-refractivity contribution in [2.75, 3.05) is 65.6 Å². The number of benzene rings is 2. The molecule has 25 heteroatoms. The van der Waals surface area contributed by atoms with Crippen LogP contribution >= 0.6 is 0 Å². The van der Waals surface area contributed by atoms with Gasteiger partial charge in [0, 0.05) is 64.5 Å². The topological polar surface area (TPSA) is 329 Å². The molecule has 0 aromatic heterocycles. The molecule has 4 rings (SSSR count). The van der Waals surface area contributed by atoms with Crippen LogP contribution in [0.5, 0.6) is 0 Å². The lowest BCUT2D eigenvalue weighted by Gasteiger charge is -2.41. The Bertz CT molecular complexity index is 2740. The van der Waals surface area contributed by atoms with E-state index < -0.39 is 126 Å². The standard InChI is InChI=1S/C64H100N12O13/c1-16-39(8)55(74(13)63(86)53(37(4)5)72-61(84)54(38(6)7)73(11)12)48(88-14)34-51(79)75-31-21-25-47(75)56(89-15)41(10)57(80)70-46(33-42-22-18-17-19-23-42)59(82)68-44-28-26-43(27-29-44)67-58(81)45(24-20-30-66-64(65)87)69-60(83)52(36(2)3)71-49(77)35-76-50(78)32-40(9)62(76)85/h17-19,22-23,26-29,36-41,45-48,52-56H,16,20-21,24-25,30-35H2,1-15H3,(H,67,81)(H,68,82)(H,69,83)(H,70,80)(H,71,77)(H,72,84)(H3,65,66,87)/t39-,40?,41+,45-,46-,47-,48+,52-,53-,54?,55-,56+/m0/s1. The average Bonchev–Trinajstić information content (AvgIpc) is 2.88. The first-order valence-corrected chi connectivity index (χ1v) is 31.1. The number of imide groups is 1. The van der Waals surface area contributed by atoms with E-state index in [0.29, 0.717) is 31.5 Å². The van der Waals surface area contributed by atoms with Gasteiger partial charge in [-0.25, -0.2) is 4.79 Å². The first-order valence-electron chi connectivity index (χ1n) is 31.1. The Morgan fingerprint density at radius 2 is 1.29 bits per heavy atom. The highest BCUT2D eigenvalue weighted by molar-refractivity contribution is 6.06. The van der Waals surface area contributed by atoms with E-state index >= 15 is 0 Å². The SMILES string of the molecule is CC[C@H](C)[C@@H]([C@@H](CC(=O)N1CCC[C@H]1[C@H](OC)[C@@H](C)C(=O)N[C@@H](Cc1ccccc1)C(=O)Nc1ccc(NC(=O)[C@H](CCCNC(N)=O)NC(=O)[C@@H](NC(=O)CN2C(=O)CC(C)C2=O)C(C)C)cc1)OC)N(C)C(=O)[C@@H](NC(=O)C(C(C)C)N(C)C)C(C)C. The van der Waals surface area contributed by atoms with Crippen LogP contribution < -0.4 is 43.0 Å². The molecular formula is C64H100N12O13. The fourth-order valence-corrected chi connectivity index (χ4v) is 11.8. The number of rotatable bonds is 34. The van der Waals surface area contributed by atoms with Crippen LogP contribution in [-0.2, 0) is 63.8 Å². The van der Waals surface area contributed by atoms with Gasteiger partial charge in [0.25, 0.3) is 0 Å². The zero-order chi connectivity index (χ0) is 66.6. The first kappa shape index (κ1) is 74.0. The maximum atomic E-state index is 14.6. The van der Waals surface area contributed by atoms with Crippen molar-refractivity contribution in [3.63, 3.8) is 0 Å². The third kappa shape index (κ3) is 21.0. The van der Waals surface area contributed by atoms with Crippen LogP contribution in [0, 0.1) is 35.5 Å². The Morgan fingerprint density at radius 1 is 0.708 bits per heavy atom. The van der Waals surface area contributed by atoms with E-state index in [1.807, 2.05) is 90.9 Å². The summed E-state index contributed by atoms with van der Waals surface area (Å²) in [7, 11) is 8.36. The monoisotopic (exact) mass is 1240 g/mol. The Kier molecular flexibility index (Phi) is 29.1. The van der Waals surface area contributed by atoms with Crippen LogP contribution in [0.3, 0.4) is 0 Å². The summed E-state index contributed by atoms with van der Waals surface area (Å²) >= 11 is 0. The second-order valence-electron chi connectivity index (χ2n) is 25.0. The smallest absolute Gasteiger partial charge is 0.312 e. The molecule has 2 unspecified atom stereocenters. The third-order valence-corrected chi connectivity index (χ3v) is 16.9. The van der Waals surface area contributed by atoms with E-state index in [1.54, 1.807) is 56.7 Å². The minimum Gasteiger partial charge on any atom is -0.379 e. The predicted octanol–water partition coefficient (Wildman–Crippen LogP) is 3.41. The Morgan fingerprint density at radius 3 is 1.80 bits per heavy atom. The number of carbonyl (C=O) groups excluding carboxylic acids is 11. The lowest BCUT2D eigenvalue weighted by Crippen LogP contribution is -2.59. The fourth-order valence-electron chi connectivity index (χ4n) is 11.8. The maximum absolute atomic E-state index is 14.6. The Hall–Kier alpha value is -7.51. The molecule has 2 heterocycles. The van der Waals surface area contributed by atoms with E-state index in [1.165, 1.54) is 26.4 Å². The van der Waals surface area contributed by atoms with Crippen molar-refractivity contribution in [2.45, 2.75) is 175 Å². The van der Waals surface area contributed by atoms with Crippen LogP contribution in [0.15, 0.2) is 54.6 Å². The molecule has 12 atom stereocenters. The van der Waals surface area contributed by atoms with Crippen molar-refractivity contribution >= 4 is 76.5 Å². The molecule has 2 aromatic rings. The number of nitrogens with one attached hydrogen (secondary N) is 7. The first-order chi connectivity index (χ1) is 41.9. The number of primary amides is 1. The normalized spacial score (nSPS) is 18.5. The molecule has 9 N–H and O–H groups in total. The quantitative estimate of drug-likeness (QED) is 0.0368. The van der Waals surface area contributed by atoms with Crippen molar-refractivity contribution in [1.29, 1.82) is 0 Å². The summed E-state index contributed by atoms with van der Waals surface area (Å²) < 4.78 is 12.2. The van der Waals surface area contributed by atoms with Gasteiger partial charge in [0.1, 0.15) is 30.7 Å². The lowest BCUT2D eigenvalue weighted by molar-refractivity contribution is -0.148. The molecule has 2 saturated heterocycles. The summed E-state index contributed by atoms with van der Waals surface area (Å²) in [6.45, 7) is 18.2. The maximum Gasteiger partial charge on any atom is 0.312 e. The van der Waals surface area contributed by atoms with Crippen LogP contribution in [0.25, 0.3) is 0 Å². The third-order valence-electron chi connectivity index (χ3n) is 16.9. The van der Waals surface area contributed by atoms with Gasteiger partial charge in [-0.3, -0.25) is 57.7 Å². The van der Waals surface area contributed by atoms with Crippen molar-refractivity contribution in [2.24, 2.45) is 41.2 Å². The molecule has 2 aliphatic heterocycles. The summed E-state index contributed by atoms with van der Waals surface area (Å²) in [6, 6.07) is 8.70. The van der Waals surface area contributed by atoms with Gasteiger partial charge in [-0.05, 0) is 93.3 Å². The zero-order valence-corrected chi connectivity index (χ0v) is 54.8. The van der Waals surface area contributed by atoms with Crippen molar-refractivity contribution in [1.82, 2.24) is 46.2 Å². The highest BCUT2D eigenvalue weighted by Crippen LogP contribution is 2.30. The van der Waals surface area contributed by atoms with Crippen LogP contribution in [0.4, 0.5) is 16.2 Å². The van der Waals surface area contributed by atoms with Gasteiger partial charge in [-0.1, -0.05) is 106 Å². The van der Waals surface area contributed by atoms with Gasteiger partial charge in [0.2, 0.25) is 59.1 Å². The number of methoxy groups -OCH3 is 2. The molecular weight excluding hydrogens is 1140 g/mol. The lowest BCUT2D eigenvalue weighted by atomic mass is 9.89. The van der Waals surface area contributed by atoms with Crippen molar-refractivity contribution in [3.8, 4) is 0 Å². The molecule has 25 nitrogen and oxygen atoms in total. The summed E-state index contributed by atoms with van der Waals surface area (Å²) in [5.41, 5.74) is 6.60. The molecule has 0 bridgehead atoms. The number of amides is 12. The molecule has 12 amide bonds. The van der Waals surface area contributed by atoms with E-state index in [0.717, 1.165) is 10.5 Å². The van der Waals surface area contributed by atoms with Crippen LogP contribution in [0.2, 0.25) is 0 Å². The fraction of sp³-hybridized carbons (Fsp3) is 0.641. The molecule has 0 spiro atoms. The molecule has 0 aliphatic carbocycles. The van der Waals surface area contributed by atoms with E-state index in [4.69, 9.17) is 15.2 Å². The molecule has 0 saturated carbocycles. The molecule has 2 aromatic carbocycles. The summed E-state index contributed by atoms with van der Waals surface area (Å²) in [5.74, 6) is -7.16. The number of nitrogens with two attached hydrogens (primary N) is 1. The highest BCUT2D eigenvalue weighted by Gasteiger charge is 2.44. The number of urea groups is 1. The molecule has 89 heavy (non-hydrogen) atoms. The van der Waals surface area contributed by atoms with E-state index in [2.05, 4.69) is 37.2 Å². The second kappa shape index (κ2) is 35.0. The van der Waals surface area contributed by atoms with E-state index in [9.17, 15) is 52.7 Å². The molecule has 2 aliphatic rings. The van der Waals surface area contributed by atoms with Gasteiger partial charge < -0.3 is 62.2 Å². The van der Waals surface area contributed by atoms with Crippen LogP contribution in [-0.4, -0.2) is 194 Å². The largest absolute Gasteiger partial charge is 0.379 e. The molecule has 0 radical (unpaired) electrons. The van der Waals surface area contributed by atoms with Crippen molar-refractivity contribution < 1.29 is 62.2 Å². The number of hydrogen-bond donors (Lipinski definition) is 8. The number of likely N-dealkylation sites (tertiary alicyclic amines) is 2. The van der Waals surface area contributed by atoms with Gasteiger partial charge in [0.15, 0.2) is 0 Å². The number of ether oxygens (including phenoxy) is 2. The number of hydrogen-bond acceptors (Lipinski definition) is 14. The number of nitrogens with zero attached hydrogens (tertiary/aromatic N) is 4. The van der Waals surface area contributed by atoms with Crippen LogP contribution in [0.1, 0.15) is 120 Å². The second-order valence-corrected chi connectivity index (χ2v) is 25.0. The minimum absolute atomic E-state index is 0.00929. The average molecular weight is 1250 g/mol. The van der Waals surface area contributed by atoms with Gasteiger partial charge in [-0.2, -0.15) is 0 Å². The van der Waals surface area contributed by atoms with Gasteiger partial charge in [0.05, 0.1) is 42.7 Å². The Labute approximate surface area is 525 Å². The zero-order valence-electron chi connectivity index (χ0n) is 54.8. The number of carbonyl (C=O) groups is 11. The number of anilines is 2. The minimum atomic E-state index is -1.18. The molecule has 2 fully saturated rings. The highest BCUT2D eigenvalue weighted by atomic mass is 16.5. The van der Waals surface area contributed by atoms with Gasteiger partial charge in [-0.15, -0.1) is 0 Å². The summed E-state index contributed by atoms with van der Waals surface area (Å²) in [4.78, 5) is 154. The van der Waals surface area contributed by atoms with E-state index in [-0.39, 0.29) is 79.8 Å². The molecule has 494 valence electrons. The van der Waals surface area contributed by atoms with Crippen molar-refractivity contribution in [3.05, 3.63) is 60.2 Å².